The van der Waals surface area contributed by atoms with Crippen LogP contribution in [0.2, 0.25) is 5.02 Å². The number of amides is 2. The first kappa shape index (κ1) is 36.1. The van der Waals surface area contributed by atoms with E-state index in [1.807, 2.05) is 48.0 Å². The monoisotopic (exact) mass is 732 g/mol. The number of aryl methyl sites for hydroxylation is 2. The molecule has 2 amide bonds. The van der Waals surface area contributed by atoms with Crippen molar-refractivity contribution < 1.29 is 9.59 Å². The van der Waals surface area contributed by atoms with Crippen molar-refractivity contribution >= 4 is 45.7 Å². The highest BCUT2D eigenvalue weighted by Crippen LogP contribution is 2.30. The van der Waals surface area contributed by atoms with E-state index in [4.69, 9.17) is 31.5 Å². The summed E-state index contributed by atoms with van der Waals surface area (Å²) in [5.74, 6) is 1.15. The third kappa shape index (κ3) is 8.38. The van der Waals surface area contributed by atoms with Crippen LogP contribution in [0.4, 0.5) is 0 Å². The minimum atomic E-state index is 0.149. The second kappa shape index (κ2) is 15.8. The summed E-state index contributed by atoms with van der Waals surface area (Å²) in [5.41, 5.74) is 10.6. The molecule has 2 aliphatic rings. The first-order chi connectivity index (χ1) is 25.6. The van der Waals surface area contributed by atoms with Crippen molar-refractivity contribution in [1.29, 1.82) is 0 Å². The van der Waals surface area contributed by atoms with Crippen molar-refractivity contribution in [2.45, 2.75) is 66.2 Å². The van der Waals surface area contributed by atoms with Crippen LogP contribution in [0.3, 0.4) is 0 Å². The summed E-state index contributed by atoms with van der Waals surface area (Å²) in [6.45, 7) is 10.6. The van der Waals surface area contributed by atoms with Gasteiger partial charge in [0, 0.05) is 74.9 Å². The van der Waals surface area contributed by atoms with Gasteiger partial charge in [0.2, 0.25) is 11.8 Å². The van der Waals surface area contributed by atoms with E-state index in [1.165, 1.54) is 0 Å². The lowest BCUT2D eigenvalue weighted by Gasteiger charge is -2.32. The third-order valence-electron chi connectivity index (χ3n) is 10.3. The first-order valence-corrected chi connectivity index (χ1v) is 18.7. The number of piperidine rings is 2. The number of pyridine rings is 2. The van der Waals surface area contributed by atoms with Crippen molar-refractivity contribution in [1.82, 2.24) is 49.7 Å². The molecule has 2 saturated heterocycles. The van der Waals surface area contributed by atoms with Crippen molar-refractivity contribution in [3.05, 3.63) is 82.9 Å². The molecule has 6 aromatic rings. The third-order valence-corrected chi connectivity index (χ3v) is 10.6. The topological polar surface area (TPSA) is 150 Å². The summed E-state index contributed by atoms with van der Waals surface area (Å²) in [4.78, 5) is 61.4. The van der Waals surface area contributed by atoms with Crippen molar-refractivity contribution in [2.75, 3.05) is 26.2 Å². The number of likely N-dealkylation sites (tertiary alicyclic amines) is 2. The smallest absolute Gasteiger partial charge is 0.219 e. The van der Waals surface area contributed by atoms with E-state index < -0.39 is 0 Å². The van der Waals surface area contributed by atoms with Crippen LogP contribution >= 0.6 is 11.6 Å². The Kier molecular flexibility index (Phi) is 10.8. The summed E-state index contributed by atoms with van der Waals surface area (Å²) in [6.07, 6.45) is 13.1. The van der Waals surface area contributed by atoms with Gasteiger partial charge in [-0.2, -0.15) is 0 Å². The van der Waals surface area contributed by atoms with Crippen LogP contribution in [0, 0.1) is 25.7 Å². The zero-order valence-electron chi connectivity index (χ0n) is 30.7. The van der Waals surface area contributed by atoms with E-state index in [1.54, 1.807) is 32.4 Å². The number of fused-ring (bicyclic) bond motifs is 2. The molecule has 0 bridgehead atoms. The van der Waals surface area contributed by atoms with Crippen LogP contribution in [0.1, 0.15) is 62.3 Å². The van der Waals surface area contributed by atoms with Gasteiger partial charge in [-0.25, -0.2) is 19.9 Å². The van der Waals surface area contributed by atoms with Gasteiger partial charge in [0.15, 0.2) is 11.3 Å². The molecular weight excluding hydrogens is 688 g/mol. The summed E-state index contributed by atoms with van der Waals surface area (Å²) in [5, 5.41) is 0.561. The van der Waals surface area contributed by atoms with Crippen molar-refractivity contribution in [3.8, 4) is 22.5 Å². The molecule has 53 heavy (non-hydrogen) atoms. The van der Waals surface area contributed by atoms with E-state index in [0.717, 1.165) is 121 Å². The summed E-state index contributed by atoms with van der Waals surface area (Å²) >= 11 is 6.21. The molecule has 274 valence electrons. The molecule has 0 spiro atoms. The number of hydrogen-bond donors (Lipinski definition) is 2. The minimum absolute atomic E-state index is 0.149. The Labute approximate surface area is 313 Å². The molecule has 8 heterocycles. The van der Waals surface area contributed by atoms with Crippen LogP contribution in [-0.4, -0.2) is 87.7 Å². The van der Waals surface area contributed by atoms with Crippen LogP contribution in [0.25, 0.3) is 44.8 Å². The minimum Gasteiger partial charge on any atom is -0.345 e. The normalized spacial score (nSPS) is 17.5. The Hall–Kier alpha value is -5.23. The maximum Gasteiger partial charge on any atom is 0.219 e. The fourth-order valence-corrected chi connectivity index (χ4v) is 7.72. The Bertz CT molecular complexity index is 2270. The van der Waals surface area contributed by atoms with Crippen molar-refractivity contribution in [2.24, 2.45) is 11.8 Å². The number of carbonyl (C=O) groups is 2. The SMILES string of the molecule is CC(=O)N1CCCC(Cc2nc(C)ccc2-c2cnc3[nH]cc(Cl)c3n2)C1.CC(=O)N1CCCC(Cc2nc(C)ccc2-c2cnc3[nH]ccc3n2)C1. The van der Waals surface area contributed by atoms with E-state index in [0.29, 0.717) is 28.0 Å². The molecule has 6 aromatic heterocycles. The molecule has 2 N–H and O–H groups in total. The number of aromatic nitrogens is 8. The highest BCUT2D eigenvalue weighted by Gasteiger charge is 2.25. The molecule has 0 aliphatic carbocycles. The molecule has 12 nitrogen and oxygen atoms in total. The lowest BCUT2D eigenvalue weighted by atomic mass is 9.91. The first-order valence-electron chi connectivity index (χ1n) is 18.4. The molecule has 0 aromatic carbocycles. The molecule has 0 saturated carbocycles. The van der Waals surface area contributed by atoms with Gasteiger partial charge in [-0.05, 0) is 94.5 Å². The average Bonchev–Trinajstić information content (AvgIpc) is 3.78. The molecule has 0 radical (unpaired) electrons. The zero-order valence-corrected chi connectivity index (χ0v) is 31.5. The maximum atomic E-state index is 11.7. The lowest BCUT2D eigenvalue weighted by Crippen LogP contribution is -2.39. The van der Waals surface area contributed by atoms with Gasteiger partial charge >= 0.3 is 0 Å². The summed E-state index contributed by atoms with van der Waals surface area (Å²) < 4.78 is 0. The Morgan fingerprint density at radius 1 is 0.736 bits per heavy atom. The Morgan fingerprint density at radius 3 is 1.85 bits per heavy atom. The molecule has 2 unspecified atom stereocenters. The molecule has 8 rings (SSSR count). The molecule has 2 fully saturated rings. The number of rotatable bonds is 6. The van der Waals surface area contributed by atoms with Gasteiger partial charge in [-0.15, -0.1) is 0 Å². The number of carbonyl (C=O) groups excluding carboxylic acids is 2. The predicted molar refractivity (Wildman–Crippen MR) is 206 cm³/mol. The molecule has 2 aliphatic heterocycles. The zero-order chi connectivity index (χ0) is 37.1. The number of hydrogen-bond acceptors (Lipinski definition) is 8. The predicted octanol–water partition coefficient (Wildman–Crippen LogP) is 6.91. The molecular formula is C40H45ClN10O2. The van der Waals surface area contributed by atoms with Crippen LogP contribution in [0.15, 0.2) is 55.1 Å². The fourth-order valence-electron chi connectivity index (χ4n) is 7.53. The maximum absolute atomic E-state index is 11.7. The largest absolute Gasteiger partial charge is 0.345 e. The van der Waals surface area contributed by atoms with E-state index in [9.17, 15) is 9.59 Å². The second-order valence-electron chi connectivity index (χ2n) is 14.3. The number of nitrogens with one attached hydrogen (secondary N) is 2. The lowest BCUT2D eigenvalue weighted by molar-refractivity contribution is -0.131. The van der Waals surface area contributed by atoms with Gasteiger partial charge in [0.05, 0.1) is 40.2 Å². The van der Waals surface area contributed by atoms with Crippen LogP contribution < -0.4 is 0 Å². The Morgan fingerprint density at radius 2 is 1.28 bits per heavy atom. The number of halogens is 1. The second-order valence-corrected chi connectivity index (χ2v) is 14.7. The number of H-pyrrole nitrogens is 2. The summed E-state index contributed by atoms with van der Waals surface area (Å²) in [7, 11) is 0. The van der Waals surface area contributed by atoms with Gasteiger partial charge in [-0.3, -0.25) is 19.6 Å². The fraction of sp³-hybridized carbons (Fsp3) is 0.400. The summed E-state index contributed by atoms with van der Waals surface area (Å²) in [6, 6.07) is 10.1. The van der Waals surface area contributed by atoms with Gasteiger partial charge < -0.3 is 19.8 Å². The van der Waals surface area contributed by atoms with Gasteiger partial charge in [0.25, 0.3) is 0 Å². The van der Waals surface area contributed by atoms with Gasteiger partial charge in [-0.1, -0.05) is 11.6 Å². The van der Waals surface area contributed by atoms with E-state index in [-0.39, 0.29) is 11.8 Å². The number of aromatic amines is 2. The highest BCUT2D eigenvalue weighted by atomic mass is 35.5. The van der Waals surface area contributed by atoms with E-state index >= 15 is 0 Å². The highest BCUT2D eigenvalue weighted by molar-refractivity contribution is 6.34. The molecule has 13 heteroatoms. The quantitative estimate of drug-likeness (QED) is 0.188. The molecule has 2 atom stereocenters. The van der Waals surface area contributed by atoms with Crippen molar-refractivity contribution in [3.63, 3.8) is 0 Å². The van der Waals surface area contributed by atoms with Gasteiger partial charge in [0.1, 0.15) is 11.0 Å². The van der Waals surface area contributed by atoms with E-state index in [2.05, 4.69) is 32.1 Å². The van der Waals surface area contributed by atoms with Crippen LogP contribution in [-0.2, 0) is 22.4 Å². The Balaban J connectivity index is 0.000000164. The standard InChI is InChI=1S/C20H22ClN5O.C20H23N5O/c1-12-5-6-15(18-10-23-20-19(25-18)16(21)9-22-20)17(24-12)8-14-4-3-7-26(11-14)13(2)27;1-13-5-6-16(19-11-22-20-17(24-19)7-8-21-20)18(23-13)10-15-4-3-9-25(12-15)14(2)26/h5-6,9-10,14H,3-4,7-8,11H2,1-2H3,(H,22,23);5-8,11,15H,3-4,9-10,12H2,1-2H3,(H,21,22). The number of nitrogens with zero attached hydrogens (tertiary/aromatic N) is 8. The average molecular weight is 733 g/mol. The van der Waals surface area contributed by atoms with Crippen LogP contribution in [0.5, 0.6) is 0 Å².